The number of nitrogen functional groups attached to an aromatic ring is 1. The summed E-state index contributed by atoms with van der Waals surface area (Å²) in [6.45, 7) is 3.96. The minimum absolute atomic E-state index is 0.0557. The number of aliphatic hydroxyl groups is 1. The average Bonchev–Trinajstić information content (AvgIpc) is 2.29. The lowest BCUT2D eigenvalue weighted by Crippen LogP contribution is -2.44. The van der Waals surface area contributed by atoms with Gasteiger partial charge < -0.3 is 20.5 Å². The molecule has 0 radical (unpaired) electrons. The molecule has 0 aliphatic rings. The van der Waals surface area contributed by atoms with Crippen molar-refractivity contribution in [2.24, 2.45) is 0 Å². The molecule has 90 valence electrons. The second kappa shape index (κ2) is 4.61. The van der Waals surface area contributed by atoms with Gasteiger partial charge in [0.05, 0.1) is 30.6 Å². The van der Waals surface area contributed by atoms with Gasteiger partial charge in [-0.15, -0.1) is 0 Å². The van der Waals surface area contributed by atoms with Crippen LogP contribution >= 0.6 is 0 Å². The molecule has 0 fully saturated rings. The lowest BCUT2D eigenvalue weighted by Gasteiger charge is -2.36. The zero-order chi connectivity index (χ0) is 12.3. The van der Waals surface area contributed by atoms with E-state index in [0.717, 1.165) is 11.4 Å². The number of hydrogen-bond donors (Lipinski definition) is 2. The Kier molecular flexibility index (Phi) is 3.65. The van der Waals surface area contributed by atoms with Crippen molar-refractivity contribution >= 4 is 11.4 Å². The molecule has 1 rings (SSSR count). The Morgan fingerprint density at radius 2 is 2.06 bits per heavy atom. The third-order valence-corrected chi connectivity index (χ3v) is 2.89. The summed E-state index contributed by atoms with van der Waals surface area (Å²) < 4.78 is 5.16. The van der Waals surface area contributed by atoms with E-state index in [-0.39, 0.29) is 12.1 Å². The van der Waals surface area contributed by atoms with Crippen LogP contribution in [0.4, 0.5) is 11.4 Å². The van der Waals surface area contributed by atoms with Gasteiger partial charge in [-0.05, 0) is 26.0 Å². The fourth-order valence-electron chi connectivity index (χ4n) is 1.37. The van der Waals surface area contributed by atoms with Crippen LogP contribution in [0.3, 0.4) is 0 Å². The van der Waals surface area contributed by atoms with Crippen LogP contribution in [-0.2, 0) is 0 Å². The number of hydrogen-bond acceptors (Lipinski definition) is 4. The van der Waals surface area contributed by atoms with Crippen molar-refractivity contribution in [3.8, 4) is 5.75 Å². The number of likely N-dealkylation sites (N-methyl/N-ethyl adjacent to an activating group) is 1. The number of nitrogens with two attached hydrogens (primary N) is 1. The summed E-state index contributed by atoms with van der Waals surface area (Å²) in [5, 5.41) is 9.33. The number of anilines is 2. The Bertz CT molecular complexity index is 364. The SMILES string of the molecule is COc1ccc(N)c(N(C)C(C)(C)CO)c1. The molecular formula is C12H20N2O2. The molecule has 0 heterocycles. The highest BCUT2D eigenvalue weighted by molar-refractivity contribution is 5.70. The number of benzene rings is 1. The highest BCUT2D eigenvalue weighted by Crippen LogP contribution is 2.31. The summed E-state index contributed by atoms with van der Waals surface area (Å²) in [7, 11) is 3.52. The van der Waals surface area contributed by atoms with E-state index in [1.165, 1.54) is 0 Å². The number of nitrogens with zero attached hydrogens (tertiary/aromatic N) is 1. The van der Waals surface area contributed by atoms with Crippen molar-refractivity contribution in [2.45, 2.75) is 19.4 Å². The molecule has 0 aliphatic heterocycles. The molecule has 0 aromatic heterocycles. The standard InChI is InChI=1S/C12H20N2O2/c1-12(2,8-15)14(3)11-7-9(16-4)5-6-10(11)13/h5-7,15H,8,13H2,1-4H3. The molecule has 0 saturated carbocycles. The van der Waals surface area contributed by atoms with Crippen molar-refractivity contribution in [3.05, 3.63) is 18.2 Å². The first-order valence-corrected chi connectivity index (χ1v) is 5.20. The van der Waals surface area contributed by atoms with Crippen LogP contribution in [0.1, 0.15) is 13.8 Å². The van der Waals surface area contributed by atoms with E-state index in [9.17, 15) is 5.11 Å². The van der Waals surface area contributed by atoms with Gasteiger partial charge in [-0.1, -0.05) is 0 Å². The molecule has 1 aromatic rings. The quantitative estimate of drug-likeness (QED) is 0.761. The van der Waals surface area contributed by atoms with Crippen molar-refractivity contribution in [1.29, 1.82) is 0 Å². The first-order chi connectivity index (χ1) is 7.42. The van der Waals surface area contributed by atoms with E-state index in [1.807, 2.05) is 37.9 Å². The van der Waals surface area contributed by atoms with Crippen LogP contribution in [0.25, 0.3) is 0 Å². The lowest BCUT2D eigenvalue weighted by molar-refractivity contribution is 0.216. The second-order valence-corrected chi connectivity index (χ2v) is 4.45. The van der Waals surface area contributed by atoms with Crippen LogP contribution in [0, 0.1) is 0 Å². The van der Waals surface area contributed by atoms with Gasteiger partial charge >= 0.3 is 0 Å². The molecule has 3 N–H and O–H groups in total. The fraction of sp³-hybridized carbons (Fsp3) is 0.500. The molecule has 0 unspecified atom stereocenters. The van der Waals surface area contributed by atoms with Gasteiger partial charge in [0.25, 0.3) is 0 Å². The highest BCUT2D eigenvalue weighted by atomic mass is 16.5. The summed E-state index contributed by atoms with van der Waals surface area (Å²) in [5.41, 5.74) is 7.09. The van der Waals surface area contributed by atoms with Crippen LogP contribution < -0.4 is 15.4 Å². The summed E-state index contributed by atoms with van der Waals surface area (Å²) >= 11 is 0. The Hall–Kier alpha value is -1.42. The summed E-state index contributed by atoms with van der Waals surface area (Å²) in [5.74, 6) is 0.754. The predicted molar refractivity (Wildman–Crippen MR) is 67.0 cm³/mol. The van der Waals surface area contributed by atoms with Gasteiger partial charge in [-0.3, -0.25) is 0 Å². The number of ether oxygens (including phenoxy) is 1. The molecule has 0 bridgehead atoms. The molecule has 1 aromatic carbocycles. The molecule has 0 spiro atoms. The van der Waals surface area contributed by atoms with Crippen LogP contribution in [0.5, 0.6) is 5.75 Å². The van der Waals surface area contributed by atoms with Crippen LogP contribution in [-0.4, -0.2) is 31.4 Å². The van der Waals surface area contributed by atoms with E-state index in [2.05, 4.69) is 0 Å². The highest BCUT2D eigenvalue weighted by Gasteiger charge is 2.24. The third-order valence-electron chi connectivity index (χ3n) is 2.89. The van der Waals surface area contributed by atoms with Crippen molar-refractivity contribution in [1.82, 2.24) is 0 Å². The Labute approximate surface area is 96.6 Å². The predicted octanol–water partition coefficient (Wildman–Crippen LogP) is 1.48. The molecule has 4 nitrogen and oxygen atoms in total. The van der Waals surface area contributed by atoms with Crippen molar-refractivity contribution in [3.63, 3.8) is 0 Å². The van der Waals surface area contributed by atoms with E-state index >= 15 is 0 Å². The first-order valence-electron chi connectivity index (χ1n) is 5.20. The molecule has 16 heavy (non-hydrogen) atoms. The second-order valence-electron chi connectivity index (χ2n) is 4.45. The van der Waals surface area contributed by atoms with Gasteiger partial charge in [0, 0.05) is 13.1 Å². The van der Waals surface area contributed by atoms with Gasteiger partial charge in [0.15, 0.2) is 0 Å². The number of aliphatic hydroxyl groups excluding tert-OH is 1. The maximum atomic E-state index is 9.33. The van der Waals surface area contributed by atoms with Gasteiger partial charge in [0.2, 0.25) is 0 Å². The number of rotatable bonds is 4. The van der Waals surface area contributed by atoms with Gasteiger partial charge in [-0.25, -0.2) is 0 Å². The molecular weight excluding hydrogens is 204 g/mol. The Morgan fingerprint density at radius 1 is 1.44 bits per heavy atom. The molecule has 0 saturated heterocycles. The van der Waals surface area contributed by atoms with Gasteiger partial charge in [-0.2, -0.15) is 0 Å². The normalized spacial score (nSPS) is 11.3. The van der Waals surface area contributed by atoms with E-state index < -0.39 is 0 Å². The zero-order valence-corrected chi connectivity index (χ0v) is 10.3. The summed E-state index contributed by atoms with van der Waals surface area (Å²) in [6, 6.07) is 5.49. The molecule has 0 amide bonds. The van der Waals surface area contributed by atoms with E-state index in [1.54, 1.807) is 13.2 Å². The Balaban J connectivity index is 3.11. The molecule has 0 atom stereocenters. The molecule has 0 aliphatic carbocycles. The summed E-state index contributed by atoms with van der Waals surface area (Å²) in [6.07, 6.45) is 0. The lowest BCUT2D eigenvalue weighted by atomic mass is 10.0. The zero-order valence-electron chi connectivity index (χ0n) is 10.3. The fourth-order valence-corrected chi connectivity index (χ4v) is 1.37. The van der Waals surface area contributed by atoms with Gasteiger partial charge in [0.1, 0.15) is 5.75 Å². The van der Waals surface area contributed by atoms with Crippen LogP contribution in [0.15, 0.2) is 18.2 Å². The maximum absolute atomic E-state index is 9.33. The topological polar surface area (TPSA) is 58.7 Å². The smallest absolute Gasteiger partial charge is 0.121 e. The first kappa shape index (κ1) is 12.6. The van der Waals surface area contributed by atoms with E-state index in [4.69, 9.17) is 10.5 Å². The summed E-state index contributed by atoms with van der Waals surface area (Å²) in [4.78, 5) is 1.95. The monoisotopic (exact) mass is 224 g/mol. The van der Waals surface area contributed by atoms with Crippen LogP contribution in [0.2, 0.25) is 0 Å². The largest absolute Gasteiger partial charge is 0.497 e. The minimum Gasteiger partial charge on any atom is -0.497 e. The van der Waals surface area contributed by atoms with Crippen molar-refractivity contribution < 1.29 is 9.84 Å². The van der Waals surface area contributed by atoms with E-state index in [0.29, 0.717) is 5.69 Å². The third kappa shape index (κ3) is 2.39. The Morgan fingerprint density at radius 3 is 2.56 bits per heavy atom. The van der Waals surface area contributed by atoms with Crippen molar-refractivity contribution in [2.75, 3.05) is 31.4 Å². The maximum Gasteiger partial charge on any atom is 0.121 e. The average molecular weight is 224 g/mol. The number of methoxy groups -OCH3 is 1. The molecule has 4 heteroatoms. The minimum atomic E-state index is -0.361.